The normalized spacial score (nSPS) is 18.6. The van der Waals surface area contributed by atoms with Gasteiger partial charge in [-0.05, 0) is 80.1 Å². The molecule has 2 aromatic carbocycles. The molecule has 12 nitrogen and oxygen atoms in total. The van der Waals surface area contributed by atoms with Gasteiger partial charge in [-0.1, -0.05) is 18.2 Å². The summed E-state index contributed by atoms with van der Waals surface area (Å²) in [5, 5.41) is 19.4. The van der Waals surface area contributed by atoms with E-state index in [1.807, 2.05) is 25.1 Å². The number of nitrogens with one attached hydrogen (secondary N) is 2. The molecule has 2 aliphatic rings. The molecule has 1 saturated carbocycles. The second kappa shape index (κ2) is 11.6. The van der Waals surface area contributed by atoms with Gasteiger partial charge in [-0.3, -0.25) is 23.9 Å². The fourth-order valence-corrected chi connectivity index (χ4v) is 6.35. The van der Waals surface area contributed by atoms with E-state index in [1.54, 1.807) is 53.4 Å². The van der Waals surface area contributed by atoms with Crippen molar-refractivity contribution < 1.29 is 19.2 Å². The number of aryl methyl sites for hydroxylation is 1. The summed E-state index contributed by atoms with van der Waals surface area (Å²) in [5.41, 5.74) is 8.55. The minimum absolute atomic E-state index is 0.0289. The van der Waals surface area contributed by atoms with E-state index in [0.29, 0.717) is 28.0 Å². The van der Waals surface area contributed by atoms with Crippen LogP contribution in [0.2, 0.25) is 0 Å². The van der Waals surface area contributed by atoms with Crippen LogP contribution in [0.15, 0.2) is 60.7 Å². The molecule has 3 heterocycles. The maximum Gasteiger partial charge on any atom is 0.269 e. The van der Waals surface area contributed by atoms with E-state index in [0.717, 1.165) is 30.5 Å². The quantitative estimate of drug-likeness (QED) is 0.283. The molecule has 2 fully saturated rings. The minimum Gasteiger partial charge on any atom is -0.364 e. The first-order valence-electron chi connectivity index (χ1n) is 14.3. The number of carbonyl (C=O) groups excluding carboxylic acids is 4. The maximum atomic E-state index is 13.8. The van der Waals surface area contributed by atoms with Crippen LogP contribution in [0.5, 0.6) is 0 Å². The number of fused-ring (bicyclic) bond motifs is 3. The minimum atomic E-state index is -0.773. The number of benzene rings is 2. The van der Waals surface area contributed by atoms with Crippen molar-refractivity contribution in [1.29, 1.82) is 5.26 Å². The molecule has 4 N–H and O–H groups in total. The number of pyridine rings is 1. The Balaban J connectivity index is 1.20. The monoisotopic (exact) mass is 590 g/mol. The highest BCUT2D eigenvalue weighted by atomic mass is 16.2. The van der Waals surface area contributed by atoms with Crippen molar-refractivity contribution in [3.8, 4) is 6.07 Å². The number of nitrogens with two attached hydrogens (primary N) is 1. The first-order valence-corrected chi connectivity index (χ1v) is 14.3. The first-order chi connectivity index (χ1) is 21.2. The molecule has 0 radical (unpaired) electrons. The number of nitriles is 1. The zero-order valence-corrected chi connectivity index (χ0v) is 24.0. The zero-order chi connectivity index (χ0) is 31.0. The molecule has 0 unspecified atom stereocenters. The van der Waals surface area contributed by atoms with Crippen molar-refractivity contribution >= 4 is 46.0 Å². The Morgan fingerprint density at radius 1 is 1.05 bits per heavy atom. The molecule has 4 amide bonds. The van der Waals surface area contributed by atoms with Crippen LogP contribution in [0.3, 0.4) is 0 Å². The molecular formula is C32H30N8O4. The van der Waals surface area contributed by atoms with Crippen LogP contribution in [0.25, 0.3) is 10.9 Å². The van der Waals surface area contributed by atoms with Crippen LogP contribution >= 0.6 is 0 Å². The van der Waals surface area contributed by atoms with E-state index in [2.05, 4.69) is 20.7 Å². The van der Waals surface area contributed by atoms with Gasteiger partial charge in [0, 0.05) is 22.8 Å². The number of hydrogen-bond donors (Lipinski definition) is 3. The SMILES string of the molecule is Cc1cccc(NC(=O)[C@@H]2[C@H]3CC[C@H](C3)N2C(=O)Cn2nc(C(N)=O)c3cc(NC(=O)Cc4ccc(C#N)cc4)ccc32)n1. The molecule has 4 aromatic rings. The molecule has 0 spiro atoms. The summed E-state index contributed by atoms with van der Waals surface area (Å²) < 4.78 is 1.42. The number of piperidine rings is 1. The lowest BCUT2D eigenvalue weighted by Gasteiger charge is -2.34. The molecule has 1 aliphatic heterocycles. The number of anilines is 2. The summed E-state index contributed by atoms with van der Waals surface area (Å²) in [6.07, 6.45) is 2.53. The van der Waals surface area contributed by atoms with Crippen LogP contribution in [0.4, 0.5) is 11.5 Å². The Labute approximate surface area is 252 Å². The third-order valence-corrected chi connectivity index (χ3v) is 8.28. The molecule has 6 rings (SSSR count). The smallest absolute Gasteiger partial charge is 0.269 e. The standard InChI is InChI=1S/C32H30N8O4/c1-18-3-2-4-26(35-18)37-32(44)30-21-9-11-23(14-21)40(30)28(42)17-39-25-12-10-22(15-24(25)29(38-39)31(34)43)36-27(41)13-19-5-7-20(16-33)8-6-19/h2-8,10,12,15,21,23,30H,9,11,13-14,17H2,1H3,(H2,34,43)(H,36,41)(H,35,37,44)/t21-,23+,30-/m0/s1. The highest BCUT2D eigenvalue weighted by Gasteiger charge is 2.51. The second-order valence-electron chi connectivity index (χ2n) is 11.3. The van der Waals surface area contributed by atoms with Crippen LogP contribution < -0.4 is 16.4 Å². The lowest BCUT2D eigenvalue weighted by atomic mass is 9.97. The van der Waals surface area contributed by atoms with Crippen molar-refractivity contribution in [2.24, 2.45) is 11.7 Å². The second-order valence-corrected chi connectivity index (χ2v) is 11.3. The van der Waals surface area contributed by atoms with Crippen LogP contribution in [0, 0.1) is 24.2 Å². The maximum absolute atomic E-state index is 13.8. The fraction of sp³-hybridized carbons (Fsp3) is 0.281. The van der Waals surface area contributed by atoms with Gasteiger partial charge in [0.05, 0.1) is 23.6 Å². The number of hydrogen-bond acceptors (Lipinski definition) is 7. The third-order valence-electron chi connectivity index (χ3n) is 8.28. The van der Waals surface area contributed by atoms with E-state index in [9.17, 15) is 19.2 Å². The predicted octanol–water partition coefficient (Wildman–Crippen LogP) is 2.91. The molecule has 3 atom stereocenters. The molecule has 1 saturated heterocycles. The number of amides is 4. The van der Waals surface area contributed by atoms with Crippen LogP contribution in [-0.4, -0.2) is 55.4 Å². The Hall–Kier alpha value is -5.57. The summed E-state index contributed by atoms with van der Waals surface area (Å²) in [4.78, 5) is 58.2. The zero-order valence-electron chi connectivity index (χ0n) is 24.0. The van der Waals surface area contributed by atoms with Gasteiger partial charge >= 0.3 is 0 Å². The molecule has 2 aromatic heterocycles. The van der Waals surface area contributed by atoms with Gasteiger partial charge in [0.2, 0.25) is 17.7 Å². The molecule has 12 heteroatoms. The number of primary amides is 1. The lowest BCUT2D eigenvalue weighted by molar-refractivity contribution is -0.141. The Bertz CT molecular complexity index is 1840. The molecule has 1 aliphatic carbocycles. The van der Waals surface area contributed by atoms with Gasteiger partial charge in [0.1, 0.15) is 18.4 Å². The van der Waals surface area contributed by atoms with Crippen molar-refractivity contribution in [3.63, 3.8) is 0 Å². The lowest BCUT2D eigenvalue weighted by Crippen LogP contribution is -2.52. The van der Waals surface area contributed by atoms with E-state index in [4.69, 9.17) is 11.0 Å². The number of rotatable bonds is 8. The van der Waals surface area contributed by atoms with Crippen molar-refractivity contribution in [2.45, 2.75) is 51.2 Å². The first kappa shape index (κ1) is 28.5. The third kappa shape index (κ3) is 5.59. The van der Waals surface area contributed by atoms with Gasteiger partial charge in [0.25, 0.3) is 5.91 Å². The summed E-state index contributed by atoms with van der Waals surface area (Å²) in [7, 11) is 0. The predicted molar refractivity (Wildman–Crippen MR) is 161 cm³/mol. The average Bonchev–Trinajstić information content (AvgIpc) is 3.71. The number of carbonyl (C=O) groups is 4. The van der Waals surface area contributed by atoms with Crippen LogP contribution in [0.1, 0.15) is 46.6 Å². The number of aromatic nitrogens is 3. The van der Waals surface area contributed by atoms with Gasteiger partial charge < -0.3 is 21.3 Å². The van der Waals surface area contributed by atoms with Gasteiger partial charge in [0.15, 0.2) is 5.69 Å². The van der Waals surface area contributed by atoms with E-state index < -0.39 is 11.9 Å². The highest BCUT2D eigenvalue weighted by Crippen LogP contribution is 2.43. The Morgan fingerprint density at radius 2 is 1.84 bits per heavy atom. The average molecular weight is 591 g/mol. The van der Waals surface area contributed by atoms with E-state index in [1.165, 1.54) is 4.68 Å². The number of likely N-dealkylation sites (tertiary alicyclic amines) is 1. The highest BCUT2D eigenvalue weighted by molar-refractivity contribution is 6.06. The van der Waals surface area contributed by atoms with Gasteiger partial charge in [-0.25, -0.2) is 4.98 Å². The van der Waals surface area contributed by atoms with E-state index in [-0.39, 0.29) is 48.3 Å². The Morgan fingerprint density at radius 3 is 2.57 bits per heavy atom. The van der Waals surface area contributed by atoms with Crippen molar-refractivity contribution in [3.05, 3.63) is 83.2 Å². The van der Waals surface area contributed by atoms with Gasteiger partial charge in [-0.15, -0.1) is 0 Å². The van der Waals surface area contributed by atoms with Crippen LogP contribution in [-0.2, 0) is 27.3 Å². The summed E-state index contributed by atoms with van der Waals surface area (Å²) in [6, 6.07) is 18.4. The van der Waals surface area contributed by atoms with Gasteiger partial charge in [-0.2, -0.15) is 10.4 Å². The van der Waals surface area contributed by atoms with Crippen molar-refractivity contribution in [1.82, 2.24) is 19.7 Å². The van der Waals surface area contributed by atoms with Crippen molar-refractivity contribution in [2.75, 3.05) is 10.6 Å². The Kier molecular flexibility index (Phi) is 7.53. The largest absolute Gasteiger partial charge is 0.364 e. The summed E-state index contributed by atoms with van der Waals surface area (Å²) >= 11 is 0. The fourth-order valence-electron chi connectivity index (χ4n) is 6.35. The molecular weight excluding hydrogens is 560 g/mol. The summed E-state index contributed by atoms with van der Waals surface area (Å²) in [6.45, 7) is 1.65. The summed E-state index contributed by atoms with van der Waals surface area (Å²) in [5.74, 6) is -1.12. The molecule has 2 bridgehead atoms. The molecule has 222 valence electrons. The molecule has 44 heavy (non-hydrogen) atoms. The topological polar surface area (TPSA) is 176 Å². The van der Waals surface area contributed by atoms with E-state index >= 15 is 0 Å². The number of nitrogens with zero attached hydrogens (tertiary/aromatic N) is 5.